The number of hydrogen-bond donors (Lipinski definition) is 2. The second-order valence-electron chi connectivity index (χ2n) is 10.1. The molecule has 5 rings (SSSR count). The lowest BCUT2D eigenvalue weighted by Gasteiger charge is -2.27. The van der Waals surface area contributed by atoms with E-state index in [9.17, 15) is 23.5 Å². The van der Waals surface area contributed by atoms with Crippen molar-refractivity contribution in [2.45, 2.75) is 50.7 Å². The summed E-state index contributed by atoms with van der Waals surface area (Å²) in [6, 6.07) is 16.1. The van der Waals surface area contributed by atoms with Crippen molar-refractivity contribution < 1.29 is 28.6 Å². The van der Waals surface area contributed by atoms with E-state index in [1.54, 1.807) is 25.1 Å². The van der Waals surface area contributed by atoms with E-state index < -0.39 is 29.3 Å². The largest absolute Gasteiger partial charge is 0.481 e. The summed E-state index contributed by atoms with van der Waals surface area (Å²) in [5, 5.41) is 24.5. The Kier molecular flexibility index (Phi) is 7.44. The first-order chi connectivity index (χ1) is 19.1. The lowest BCUT2D eigenvalue weighted by atomic mass is 9.87. The van der Waals surface area contributed by atoms with Crippen LogP contribution in [0.25, 0.3) is 16.6 Å². The molecule has 10 heteroatoms. The first kappa shape index (κ1) is 27.1. The number of aliphatic hydroxyl groups is 1. The molecule has 0 spiro atoms. The summed E-state index contributed by atoms with van der Waals surface area (Å²) in [7, 11) is 0. The number of nitrogens with zero attached hydrogens (tertiary/aromatic N) is 3. The van der Waals surface area contributed by atoms with Gasteiger partial charge in [0.05, 0.1) is 22.3 Å². The predicted octanol–water partition coefficient (Wildman–Crippen LogP) is 5.08. The average molecular weight is 548 g/mol. The Morgan fingerprint density at radius 2 is 1.73 bits per heavy atom. The predicted molar refractivity (Wildman–Crippen MR) is 144 cm³/mol. The summed E-state index contributed by atoms with van der Waals surface area (Å²) in [6.07, 6.45) is 0.438. The molecule has 2 atom stereocenters. The monoisotopic (exact) mass is 547 g/mol. The van der Waals surface area contributed by atoms with Crippen molar-refractivity contribution in [3.05, 3.63) is 106 Å². The zero-order chi connectivity index (χ0) is 28.4. The van der Waals surface area contributed by atoms with Crippen molar-refractivity contribution in [3.63, 3.8) is 0 Å². The fourth-order valence-corrected chi connectivity index (χ4v) is 4.85. The van der Waals surface area contributed by atoms with Gasteiger partial charge in [-0.2, -0.15) is 0 Å². The van der Waals surface area contributed by atoms with Gasteiger partial charge in [0.15, 0.2) is 5.60 Å². The Morgan fingerprint density at radius 3 is 2.40 bits per heavy atom. The summed E-state index contributed by atoms with van der Waals surface area (Å²) >= 11 is 0. The van der Waals surface area contributed by atoms with Crippen LogP contribution in [0, 0.1) is 11.6 Å². The summed E-state index contributed by atoms with van der Waals surface area (Å²) in [4.78, 5) is 35.0. The molecule has 0 bridgehead atoms. The fourth-order valence-electron chi connectivity index (χ4n) is 4.85. The standard InChI is InChI=1S/C30H27F2N3O5/c1-30(28(38)18-6-9-20(31)10-7-18)17-25(34-40-30)19-8-15-23-24(16-19)33-26(4-2-3-5-27(36)37)35(29(23)39)22-13-11-21(32)12-14-22/h6-16,28,38H,2-5,17H2,1H3,(H,36,37)/t28-,30-/m1/s1. The smallest absolute Gasteiger partial charge is 0.303 e. The Hall–Kier alpha value is -4.44. The van der Waals surface area contributed by atoms with Crippen LogP contribution in [0.1, 0.15) is 55.7 Å². The quantitative estimate of drug-likeness (QED) is 0.283. The Balaban J connectivity index is 1.47. The van der Waals surface area contributed by atoms with E-state index in [1.807, 2.05) is 0 Å². The molecule has 0 amide bonds. The van der Waals surface area contributed by atoms with Gasteiger partial charge in [-0.05, 0) is 73.9 Å². The van der Waals surface area contributed by atoms with Gasteiger partial charge in [0, 0.05) is 24.8 Å². The molecule has 0 saturated carbocycles. The molecule has 0 saturated heterocycles. The topological polar surface area (TPSA) is 114 Å². The zero-order valence-electron chi connectivity index (χ0n) is 21.7. The maximum atomic E-state index is 13.6. The normalized spacial score (nSPS) is 17.4. The highest BCUT2D eigenvalue weighted by Crippen LogP contribution is 2.38. The van der Waals surface area contributed by atoms with Gasteiger partial charge in [-0.1, -0.05) is 23.4 Å². The molecule has 2 N–H and O–H groups in total. The number of hydrogen-bond acceptors (Lipinski definition) is 6. The number of halogens is 2. The fraction of sp³-hybridized carbons (Fsp3) is 0.267. The minimum absolute atomic E-state index is 0.000868. The van der Waals surface area contributed by atoms with Crippen molar-refractivity contribution in [1.29, 1.82) is 0 Å². The van der Waals surface area contributed by atoms with Gasteiger partial charge < -0.3 is 15.1 Å². The van der Waals surface area contributed by atoms with Crippen molar-refractivity contribution in [1.82, 2.24) is 9.55 Å². The molecule has 0 aliphatic carbocycles. The van der Waals surface area contributed by atoms with Gasteiger partial charge in [0.25, 0.3) is 5.56 Å². The van der Waals surface area contributed by atoms with E-state index in [4.69, 9.17) is 14.9 Å². The minimum atomic E-state index is -1.09. The van der Waals surface area contributed by atoms with Crippen molar-refractivity contribution >= 4 is 22.6 Å². The SMILES string of the molecule is C[C@]1([C@H](O)c2ccc(F)cc2)CC(c2ccc3c(=O)n(-c4ccc(F)cc4)c(CCCCC(=O)O)nc3c2)=NO1. The molecular formula is C30H27F2N3O5. The maximum Gasteiger partial charge on any atom is 0.303 e. The van der Waals surface area contributed by atoms with Crippen LogP contribution in [0.3, 0.4) is 0 Å². The van der Waals surface area contributed by atoms with Gasteiger partial charge in [-0.25, -0.2) is 13.8 Å². The minimum Gasteiger partial charge on any atom is -0.481 e. The van der Waals surface area contributed by atoms with E-state index in [0.29, 0.717) is 58.5 Å². The summed E-state index contributed by atoms with van der Waals surface area (Å²) in [6.45, 7) is 1.72. The van der Waals surface area contributed by atoms with Crippen LogP contribution in [0.4, 0.5) is 8.78 Å². The molecule has 1 aromatic heterocycles. The second kappa shape index (κ2) is 11.0. The molecule has 40 heavy (non-hydrogen) atoms. The number of aryl methyl sites for hydroxylation is 1. The number of aliphatic carboxylic acids is 1. The lowest BCUT2D eigenvalue weighted by molar-refractivity contribution is -0.137. The first-order valence-electron chi connectivity index (χ1n) is 12.9. The third kappa shape index (κ3) is 5.48. The Labute approximate surface area is 228 Å². The number of aromatic nitrogens is 2. The van der Waals surface area contributed by atoms with Crippen LogP contribution in [-0.4, -0.2) is 37.0 Å². The van der Waals surface area contributed by atoms with Crippen molar-refractivity contribution in [3.8, 4) is 5.69 Å². The number of fused-ring (bicyclic) bond motifs is 1. The zero-order valence-corrected chi connectivity index (χ0v) is 21.7. The summed E-state index contributed by atoms with van der Waals surface area (Å²) < 4.78 is 28.3. The van der Waals surface area contributed by atoms with Gasteiger partial charge in [-0.15, -0.1) is 0 Å². The maximum absolute atomic E-state index is 13.6. The first-order valence-corrected chi connectivity index (χ1v) is 12.9. The van der Waals surface area contributed by atoms with Crippen molar-refractivity contribution in [2.24, 2.45) is 5.16 Å². The number of carboxylic acids is 1. The van der Waals surface area contributed by atoms with E-state index >= 15 is 0 Å². The van der Waals surface area contributed by atoms with Gasteiger partial charge in [0.1, 0.15) is 23.6 Å². The van der Waals surface area contributed by atoms with E-state index in [0.717, 1.165) is 0 Å². The molecule has 0 fully saturated rings. The summed E-state index contributed by atoms with van der Waals surface area (Å²) in [5.41, 5.74) is 1.16. The third-order valence-corrected chi connectivity index (χ3v) is 7.04. The van der Waals surface area contributed by atoms with Crippen LogP contribution >= 0.6 is 0 Å². The average Bonchev–Trinajstić information content (AvgIpc) is 3.35. The highest BCUT2D eigenvalue weighted by Gasteiger charge is 2.42. The number of aliphatic hydroxyl groups excluding tert-OH is 1. The van der Waals surface area contributed by atoms with Crippen LogP contribution in [0.5, 0.6) is 0 Å². The number of unbranched alkanes of at least 4 members (excludes halogenated alkanes) is 1. The van der Waals surface area contributed by atoms with E-state index in [1.165, 1.54) is 53.1 Å². The van der Waals surface area contributed by atoms with E-state index in [-0.39, 0.29) is 18.4 Å². The van der Waals surface area contributed by atoms with Gasteiger partial charge in [0.2, 0.25) is 0 Å². The van der Waals surface area contributed by atoms with E-state index in [2.05, 4.69) is 5.16 Å². The number of carboxylic acid groups (broad SMARTS) is 1. The number of oxime groups is 1. The van der Waals surface area contributed by atoms with Crippen LogP contribution in [0.2, 0.25) is 0 Å². The molecule has 8 nitrogen and oxygen atoms in total. The molecular weight excluding hydrogens is 520 g/mol. The van der Waals surface area contributed by atoms with Gasteiger partial charge in [-0.3, -0.25) is 14.2 Å². The molecule has 3 aromatic carbocycles. The molecule has 2 heterocycles. The summed E-state index contributed by atoms with van der Waals surface area (Å²) in [5.74, 6) is -1.32. The highest BCUT2D eigenvalue weighted by molar-refractivity contribution is 6.04. The molecule has 206 valence electrons. The molecule has 4 aromatic rings. The molecule has 0 unspecified atom stereocenters. The molecule has 0 radical (unpaired) electrons. The second-order valence-corrected chi connectivity index (χ2v) is 10.1. The number of benzene rings is 3. The Bertz CT molecular complexity index is 1650. The van der Waals surface area contributed by atoms with Crippen LogP contribution in [-0.2, 0) is 16.1 Å². The highest BCUT2D eigenvalue weighted by atomic mass is 19.1. The molecule has 1 aliphatic rings. The molecule has 1 aliphatic heterocycles. The Morgan fingerprint density at radius 1 is 1.05 bits per heavy atom. The van der Waals surface area contributed by atoms with Crippen LogP contribution < -0.4 is 5.56 Å². The number of rotatable bonds is 9. The van der Waals surface area contributed by atoms with Crippen LogP contribution in [0.15, 0.2) is 76.7 Å². The number of carbonyl (C=O) groups is 1. The third-order valence-electron chi connectivity index (χ3n) is 7.04. The lowest BCUT2D eigenvalue weighted by Crippen LogP contribution is -2.33. The van der Waals surface area contributed by atoms with Crippen molar-refractivity contribution in [2.75, 3.05) is 0 Å². The van der Waals surface area contributed by atoms with Gasteiger partial charge >= 0.3 is 5.97 Å².